The van der Waals surface area contributed by atoms with Crippen LogP contribution in [0.25, 0.3) is 0 Å². The van der Waals surface area contributed by atoms with Crippen molar-refractivity contribution in [3.05, 3.63) is 12.1 Å². The van der Waals surface area contributed by atoms with Crippen molar-refractivity contribution in [3.63, 3.8) is 0 Å². The molecule has 2 aliphatic rings. The Labute approximate surface area is 99.6 Å². The summed E-state index contributed by atoms with van der Waals surface area (Å²) in [6.45, 7) is 0. The molecule has 1 saturated carbocycles. The zero-order valence-electron chi connectivity index (χ0n) is 9.69. The summed E-state index contributed by atoms with van der Waals surface area (Å²) in [5, 5.41) is 6.06. The summed E-state index contributed by atoms with van der Waals surface area (Å²) in [5.41, 5.74) is 0.725. The maximum Gasteiger partial charge on any atom is 0.247 e. The number of nitrogens with one attached hydrogen (secondary N) is 2. The molecule has 5 nitrogen and oxygen atoms in total. The predicted molar refractivity (Wildman–Crippen MR) is 64.2 cm³/mol. The molecule has 1 aromatic heterocycles. The van der Waals surface area contributed by atoms with E-state index in [1.165, 1.54) is 12.8 Å². The van der Waals surface area contributed by atoms with Crippen LogP contribution in [0, 0.1) is 5.92 Å². The van der Waals surface area contributed by atoms with Crippen molar-refractivity contribution in [2.24, 2.45) is 5.92 Å². The number of hydrogen-bond acceptors (Lipinski definition) is 4. The average Bonchev–Trinajstić information content (AvgIpc) is 3.13. The minimum atomic E-state index is -0.158. The molecule has 0 spiro atoms. The van der Waals surface area contributed by atoms with Gasteiger partial charge in [0.15, 0.2) is 5.82 Å². The van der Waals surface area contributed by atoms with Crippen LogP contribution < -0.4 is 15.4 Å². The fraction of sp³-hybridized carbons (Fsp3) is 0.500. The van der Waals surface area contributed by atoms with E-state index in [9.17, 15) is 4.79 Å². The van der Waals surface area contributed by atoms with Crippen LogP contribution >= 0.6 is 0 Å². The summed E-state index contributed by atoms with van der Waals surface area (Å²) in [4.78, 5) is 16.1. The molecule has 2 heterocycles. The molecule has 1 amide bonds. The second-order valence-corrected chi connectivity index (χ2v) is 4.62. The van der Waals surface area contributed by atoms with E-state index in [1.807, 2.05) is 0 Å². The van der Waals surface area contributed by atoms with Crippen LogP contribution in [0.4, 0.5) is 11.5 Å². The number of ether oxygens (including phenoxy) is 1. The Hall–Kier alpha value is -1.78. The number of methoxy groups -OCH3 is 1. The van der Waals surface area contributed by atoms with E-state index in [1.54, 1.807) is 19.2 Å². The third-order valence-electron chi connectivity index (χ3n) is 3.23. The van der Waals surface area contributed by atoms with E-state index < -0.39 is 0 Å². The quantitative estimate of drug-likeness (QED) is 0.832. The lowest BCUT2D eigenvalue weighted by molar-refractivity contribution is -0.117. The fourth-order valence-corrected chi connectivity index (χ4v) is 2.07. The van der Waals surface area contributed by atoms with Gasteiger partial charge in [-0.25, -0.2) is 0 Å². The van der Waals surface area contributed by atoms with Gasteiger partial charge in [0.05, 0.1) is 12.8 Å². The van der Waals surface area contributed by atoms with Crippen molar-refractivity contribution in [1.29, 1.82) is 0 Å². The molecule has 1 aliphatic heterocycles. The number of nitrogens with zero attached hydrogens (tertiary/aromatic N) is 1. The molecule has 17 heavy (non-hydrogen) atoms. The van der Waals surface area contributed by atoms with Crippen molar-refractivity contribution in [3.8, 4) is 5.88 Å². The number of pyridine rings is 1. The van der Waals surface area contributed by atoms with E-state index in [4.69, 9.17) is 4.74 Å². The zero-order valence-corrected chi connectivity index (χ0v) is 9.69. The summed E-state index contributed by atoms with van der Waals surface area (Å²) in [6, 6.07) is 3.39. The van der Waals surface area contributed by atoms with Gasteiger partial charge < -0.3 is 15.4 Å². The molecule has 1 atom stereocenters. The first kappa shape index (κ1) is 10.4. The van der Waals surface area contributed by atoms with Gasteiger partial charge in [0.1, 0.15) is 6.04 Å². The van der Waals surface area contributed by atoms with Crippen molar-refractivity contribution >= 4 is 17.4 Å². The fourth-order valence-electron chi connectivity index (χ4n) is 2.07. The Balaban J connectivity index is 1.82. The largest absolute Gasteiger partial charge is 0.481 e. The first-order valence-electron chi connectivity index (χ1n) is 5.88. The van der Waals surface area contributed by atoms with Crippen LogP contribution in [0.3, 0.4) is 0 Å². The van der Waals surface area contributed by atoms with Crippen molar-refractivity contribution in [2.75, 3.05) is 17.7 Å². The molecule has 2 N–H and O–H groups in total. The van der Waals surface area contributed by atoms with E-state index in [0.29, 0.717) is 17.6 Å². The maximum absolute atomic E-state index is 11.8. The molecule has 1 unspecified atom stereocenters. The highest BCUT2D eigenvalue weighted by Crippen LogP contribution is 2.36. The summed E-state index contributed by atoms with van der Waals surface area (Å²) < 4.78 is 5.07. The van der Waals surface area contributed by atoms with Crippen LogP contribution in [-0.4, -0.2) is 24.0 Å². The molecule has 3 rings (SSSR count). The van der Waals surface area contributed by atoms with Gasteiger partial charge >= 0.3 is 0 Å². The van der Waals surface area contributed by atoms with Crippen LogP contribution in [-0.2, 0) is 4.79 Å². The van der Waals surface area contributed by atoms with E-state index >= 15 is 0 Å². The lowest BCUT2D eigenvalue weighted by atomic mass is 10.1. The Morgan fingerprint density at radius 3 is 3.00 bits per heavy atom. The van der Waals surface area contributed by atoms with E-state index in [-0.39, 0.29) is 11.9 Å². The molecule has 1 aromatic rings. The summed E-state index contributed by atoms with van der Waals surface area (Å²) >= 11 is 0. The SMILES string of the molecule is COc1ccc2c(n1)NC(CC1CC1)C(=O)N2. The van der Waals surface area contributed by atoms with Gasteiger partial charge in [0.2, 0.25) is 11.8 Å². The summed E-state index contributed by atoms with van der Waals surface area (Å²) in [6.07, 6.45) is 3.37. The first-order valence-corrected chi connectivity index (χ1v) is 5.88. The maximum atomic E-state index is 11.8. The van der Waals surface area contributed by atoms with Crippen LogP contribution in [0.15, 0.2) is 12.1 Å². The van der Waals surface area contributed by atoms with Gasteiger partial charge in [0.25, 0.3) is 0 Å². The van der Waals surface area contributed by atoms with Crippen molar-refractivity contribution in [2.45, 2.75) is 25.3 Å². The number of anilines is 2. The highest BCUT2D eigenvalue weighted by atomic mass is 16.5. The Kier molecular flexibility index (Phi) is 2.39. The average molecular weight is 233 g/mol. The van der Waals surface area contributed by atoms with Gasteiger partial charge in [-0.05, 0) is 18.4 Å². The minimum Gasteiger partial charge on any atom is -0.481 e. The Bertz CT molecular complexity index is 457. The van der Waals surface area contributed by atoms with E-state index in [2.05, 4.69) is 15.6 Å². The molecule has 0 bridgehead atoms. The van der Waals surface area contributed by atoms with Crippen LogP contribution in [0.5, 0.6) is 5.88 Å². The third kappa shape index (κ3) is 2.05. The zero-order chi connectivity index (χ0) is 11.8. The molecular weight excluding hydrogens is 218 g/mol. The van der Waals surface area contributed by atoms with Crippen LogP contribution in [0.2, 0.25) is 0 Å². The Morgan fingerprint density at radius 1 is 1.47 bits per heavy atom. The van der Waals surface area contributed by atoms with Gasteiger partial charge in [-0.1, -0.05) is 12.8 Å². The van der Waals surface area contributed by atoms with Gasteiger partial charge in [-0.3, -0.25) is 4.79 Å². The van der Waals surface area contributed by atoms with Gasteiger partial charge in [-0.15, -0.1) is 0 Å². The number of hydrogen-bond donors (Lipinski definition) is 2. The molecule has 90 valence electrons. The molecule has 5 heteroatoms. The standard InChI is InChI=1S/C12H15N3O2/c1-17-10-5-4-8-11(15-10)13-9(12(16)14-8)6-7-2-3-7/h4-5,7,9H,2-3,6H2,1H3,(H,13,15)(H,14,16). The number of amides is 1. The monoisotopic (exact) mass is 233 g/mol. The molecule has 1 fully saturated rings. The second kappa shape index (κ2) is 3.91. The molecule has 0 aromatic carbocycles. The number of carbonyl (C=O) groups excluding carboxylic acids is 1. The topological polar surface area (TPSA) is 63.2 Å². The molecule has 1 aliphatic carbocycles. The smallest absolute Gasteiger partial charge is 0.247 e. The molecule has 0 saturated heterocycles. The van der Waals surface area contributed by atoms with Crippen molar-refractivity contribution in [1.82, 2.24) is 4.98 Å². The minimum absolute atomic E-state index is 0.0383. The molecule has 0 radical (unpaired) electrons. The number of carbonyl (C=O) groups is 1. The predicted octanol–water partition coefficient (Wildman–Crippen LogP) is 1.62. The highest BCUT2D eigenvalue weighted by Gasteiger charge is 2.32. The van der Waals surface area contributed by atoms with Crippen LogP contribution in [0.1, 0.15) is 19.3 Å². The van der Waals surface area contributed by atoms with Gasteiger partial charge in [0, 0.05) is 6.07 Å². The lowest BCUT2D eigenvalue weighted by Gasteiger charge is -2.26. The van der Waals surface area contributed by atoms with Gasteiger partial charge in [-0.2, -0.15) is 4.98 Å². The van der Waals surface area contributed by atoms with E-state index in [0.717, 1.165) is 12.1 Å². The number of aromatic nitrogens is 1. The highest BCUT2D eigenvalue weighted by molar-refractivity contribution is 6.02. The lowest BCUT2D eigenvalue weighted by Crippen LogP contribution is -2.39. The molecular formula is C12H15N3O2. The Morgan fingerprint density at radius 2 is 2.29 bits per heavy atom. The number of fused-ring (bicyclic) bond motifs is 1. The third-order valence-corrected chi connectivity index (χ3v) is 3.23. The summed E-state index contributed by atoms with van der Waals surface area (Å²) in [5.74, 6) is 1.99. The first-order chi connectivity index (χ1) is 8.26. The normalized spacial score (nSPS) is 22.4. The van der Waals surface area contributed by atoms with Crippen molar-refractivity contribution < 1.29 is 9.53 Å². The second-order valence-electron chi connectivity index (χ2n) is 4.62. The number of rotatable bonds is 3. The summed E-state index contributed by atoms with van der Waals surface area (Å²) in [7, 11) is 1.58.